The number of nitrogens with two attached hydrogens (primary N) is 1. The average Bonchev–Trinajstić information content (AvgIpc) is 3.35. The van der Waals surface area contributed by atoms with Crippen molar-refractivity contribution in [1.82, 2.24) is 30.3 Å². The Kier molecular flexibility index (Phi) is 6.67. The fraction of sp³-hybridized carbons (Fsp3) is 0.208. The lowest BCUT2D eigenvalue weighted by atomic mass is 10.1. The number of aromatic nitrogens is 5. The highest BCUT2D eigenvalue weighted by Gasteiger charge is 2.17. The van der Waals surface area contributed by atoms with E-state index in [1.54, 1.807) is 32.6 Å². The van der Waals surface area contributed by atoms with Gasteiger partial charge in [-0.25, -0.2) is 4.98 Å². The van der Waals surface area contributed by atoms with Gasteiger partial charge in [0.25, 0.3) is 5.91 Å². The highest BCUT2D eigenvalue weighted by atomic mass is 16.5. The molecule has 2 heterocycles. The Balaban J connectivity index is 1.61. The van der Waals surface area contributed by atoms with E-state index in [1.807, 2.05) is 43.3 Å². The smallest absolute Gasteiger partial charge is 0.253 e. The molecule has 4 rings (SSSR count). The van der Waals surface area contributed by atoms with Gasteiger partial charge in [-0.2, -0.15) is 20.4 Å². The Bertz CT molecular complexity index is 1270. The first-order valence-electron chi connectivity index (χ1n) is 10.7. The number of nitrogens with zero attached hydrogens (tertiary/aromatic N) is 5. The molecule has 0 saturated carbocycles. The second-order valence-electron chi connectivity index (χ2n) is 7.92. The molecule has 10 nitrogen and oxygen atoms in total. The maximum Gasteiger partial charge on any atom is 0.253 e. The van der Waals surface area contributed by atoms with Crippen LogP contribution < -0.4 is 15.8 Å². The maximum absolute atomic E-state index is 12.7. The van der Waals surface area contributed by atoms with Crippen molar-refractivity contribution in [3.63, 3.8) is 0 Å². The highest BCUT2D eigenvalue weighted by molar-refractivity contribution is 5.96. The van der Waals surface area contributed by atoms with Crippen LogP contribution in [0.2, 0.25) is 0 Å². The lowest BCUT2D eigenvalue weighted by molar-refractivity contribution is 0.0826. The molecule has 4 N–H and O–H groups in total. The van der Waals surface area contributed by atoms with Crippen LogP contribution in [0.5, 0.6) is 5.75 Å². The Morgan fingerprint density at radius 1 is 1.18 bits per heavy atom. The number of H-pyrrole nitrogens is 1. The van der Waals surface area contributed by atoms with E-state index in [0.717, 1.165) is 17.5 Å². The van der Waals surface area contributed by atoms with Crippen LogP contribution in [0.25, 0.3) is 11.3 Å². The number of rotatable bonds is 8. The van der Waals surface area contributed by atoms with Crippen molar-refractivity contribution in [3.05, 3.63) is 71.5 Å². The number of aryl methyl sites for hydroxylation is 1. The van der Waals surface area contributed by atoms with Crippen molar-refractivity contribution in [3.8, 4) is 17.0 Å². The summed E-state index contributed by atoms with van der Waals surface area (Å²) < 4.78 is 6.11. The molecule has 2 aromatic carbocycles. The minimum Gasteiger partial charge on any atom is -0.491 e. The number of nitrogens with one attached hydrogen (secondary N) is 2. The van der Waals surface area contributed by atoms with Gasteiger partial charge in [-0.05, 0) is 30.2 Å². The van der Waals surface area contributed by atoms with E-state index in [2.05, 4.69) is 30.7 Å². The highest BCUT2D eigenvalue weighted by Crippen LogP contribution is 2.32. The van der Waals surface area contributed by atoms with Gasteiger partial charge in [0.15, 0.2) is 0 Å². The first kappa shape index (κ1) is 22.7. The molecule has 0 atom stereocenters. The van der Waals surface area contributed by atoms with Gasteiger partial charge in [-0.3, -0.25) is 4.79 Å². The van der Waals surface area contributed by atoms with Crippen molar-refractivity contribution in [1.29, 1.82) is 0 Å². The minimum atomic E-state index is -0.102. The maximum atomic E-state index is 12.7. The molecule has 1 amide bonds. The van der Waals surface area contributed by atoms with Crippen molar-refractivity contribution in [2.45, 2.75) is 13.3 Å². The number of ether oxygens (including phenoxy) is 1. The van der Waals surface area contributed by atoms with Gasteiger partial charge in [0.05, 0.1) is 24.1 Å². The summed E-state index contributed by atoms with van der Waals surface area (Å²) >= 11 is 0. The molecule has 0 aliphatic carbocycles. The number of aromatic amines is 1. The van der Waals surface area contributed by atoms with Crippen molar-refractivity contribution in [2.75, 3.05) is 31.8 Å². The molecule has 0 aliphatic heterocycles. The first-order chi connectivity index (χ1) is 16.4. The van der Waals surface area contributed by atoms with E-state index in [0.29, 0.717) is 40.8 Å². The van der Waals surface area contributed by atoms with Gasteiger partial charge in [-0.15, -0.1) is 0 Å². The summed E-state index contributed by atoms with van der Waals surface area (Å²) in [6.45, 7) is 2.31. The van der Waals surface area contributed by atoms with Crippen LogP contribution in [0.1, 0.15) is 21.5 Å². The van der Waals surface area contributed by atoms with E-state index in [9.17, 15) is 4.79 Å². The fourth-order valence-corrected chi connectivity index (χ4v) is 3.40. The molecule has 2 aromatic heterocycles. The number of carbonyl (C=O) groups is 1. The third-order valence-electron chi connectivity index (χ3n) is 5.21. The number of amides is 1. The topological polar surface area (TPSA) is 135 Å². The van der Waals surface area contributed by atoms with Crippen LogP contribution in [0.15, 0.2) is 54.9 Å². The lowest BCUT2D eigenvalue weighted by Crippen LogP contribution is -2.22. The average molecular weight is 459 g/mol. The molecule has 0 radical (unpaired) electrons. The Morgan fingerprint density at radius 2 is 1.97 bits per heavy atom. The third-order valence-corrected chi connectivity index (χ3v) is 5.21. The van der Waals surface area contributed by atoms with Gasteiger partial charge < -0.3 is 20.7 Å². The van der Waals surface area contributed by atoms with Crippen LogP contribution >= 0.6 is 0 Å². The minimum absolute atomic E-state index is 0.102. The molecular weight excluding hydrogens is 432 g/mol. The quantitative estimate of drug-likeness (QED) is 0.366. The molecule has 0 saturated heterocycles. The number of hydrogen-bond donors (Lipinski definition) is 3. The Hall–Kier alpha value is -4.47. The summed E-state index contributed by atoms with van der Waals surface area (Å²) in [5.74, 6) is 0.974. The summed E-state index contributed by atoms with van der Waals surface area (Å²) in [5.41, 5.74) is 10.4. The summed E-state index contributed by atoms with van der Waals surface area (Å²) in [6, 6.07) is 13.7. The number of anilines is 3. The summed E-state index contributed by atoms with van der Waals surface area (Å²) in [7, 11) is 3.44. The zero-order valence-electron chi connectivity index (χ0n) is 19.2. The van der Waals surface area contributed by atoms with Gasteiger partial charge >= 0.3 is 0 Å². The zero-order chi connectivity index (χ0) is 24.1. The Morgan fingerprint density at radius 3 is 2.65 bits per heavy atom. The van der Waals surface area contributed by atoms with E-state index < -0.39 is 0 Å². The molecule has 174 valence electrons. The summed E-state index contributed by atoms with van der Waals surface area (Å²) in [6.07, 6.45) is 3.85. The van der Waals surface area contributed by atoms with Crippen molar-refractivity contribution in [2.24, 2.45) is 0 Å². The summed E-state index contributed by atoms with van der Waals surface area (Å²) in [5, 5.41) is 13.5. The molecule has 4 aromatic rings. The third kappa shape index (κ3) is 5.12. The zero-order valence-corrected chi connectivity index (χ0v) is 19.2. The summed E-state index contributed by atoms with van der Waals surface area (Å²) in [4.78, 5) is 22.9. The molecular formula is C24H26N8O2. The van der Waals surface area contributed by atoms with E-state index >= 15 is 0 Å². The number of hydrogen-bond acceptors (Lipinski definition) is 8. The van der Waals surface area contributed by atoms with Crippen LogP contribution in [0.3, 0.4) is 0 Å². The first-order valence-corrected chi connectivity index (χ1v) is 10.7. The molecule has 34 heavy (non-hydrogen) atoms. The molecule has 0 aliphatic rings. The SMILES string of the molecule is Cc1cc(Nc2ncc(-c3cn[nH]n3)c(N)n2)c(OCCc2ccccc2)cc1C(=O)N(C)C. The molecule has 0 bridgehead atoms. The Labute approximate surface area is 197 Å². The predicted molar refractivity (Wildman–Crippen MR) is 130 cm³/mol. The van der Waals surface area contributed by atoms with Crippen LogP contribution in [-0.4, -0.2) is 56.9 Å². The van der Waals surface area contributed by atoms with Gasteiger partial charge in [0.2, 0.25) is 5.95 Å². The lowest BCUT2D eigenvalue weighted by Gasteiger charge is -2.18. The molecule has 10 heteroatoms. The standard InChI is InChI=1S/C24H26N8O2/c1-15-11-19(28-24-26-13-18(22(25)29-24)20-14-27-31-30-20)21(12-17(15)23(33)32(2)3)34-10-9-16-7-5-4-6-8-16/h4-8,11-14H,9-10H2,1-3H3,(H,27,30,31)(H3,25,26,28,29). The van der Waals surface area contributed by atoms with E-state index in [1.165, 1.54) is 4.90 Å². The van der Waals surface area contributed by atoms with Crippen LogP contribution in [0, 0.1) is 6.92 Å². The van der Waals surface area contributed by atoms with E-state index in [-0.39, 0.29) is 11.7 Å². The normalized spacial score (nSPS) is 10.7. The number of nitrogen functional groups attached to an aromatic ring is 1. The predicted octanol–water partition coefficient (Wildman–Crippen LogP) is 3.22. The van der Waals surface area contributed by atoms with Gasteiger partial charge in [-0.1, -0.05) is 30.3 Å². The van der Waals surface area contributed by atoms with Gasteiger partial charge in [0.1, 0.15) is 17.3 Å². The second kappa shape index (κ2) is 9.99. The number of carbonyl (C=O) groups excluding carboxylic acids is 1. The number of benzene rings is 2. The monoisotopic (exact) mass is 458 g/mol. The van der Waals surface area contributed by atoms with Crippen LogP contribution in [0.4, 0.5) is 17.5 Å². The second-order valence-corrected chi connectivity index (χ2v) is 7.92. The largest absolute Gasteiger partial charge is 0.491 e. The van der Waals surface area contributed by atoms with E-state index in [4.69, 9.17) is 10.5 Å². The van der Waals surface area contributed by atoms with Crippen molar-refractivity contribution < 1.29 is 9.53 Å². The molecule has 0 spiro atoms. The fourth-order valence-electron chi connectivity index (χ4n) is 3.40. The molecule has 0 fully saturated rings. The van der Waals surface area contributed by atoms with Crippen LogP contribution in [-0.2, 0) is 6.42 Å². The molecule has 0 unspecified atom stereocenters. The van der Waals surface area contributed by atoms with Crippen molar-refractivity contribution >= 4 is 23.4 Å². The van der Waals surface area contributed by atoms with Gasteiger partial charge in [0, 0.05) is 32.3 Å².